The lowest BCUT2D eigenvalue weighted by molar-refractivity contribution is 0.259. The van der Waals surface area contributed by atoms with Crippen molar-refractivity contribution in [2.75, 3.05) is 24.6 Å². The number of piperidine rings is 1. The molecule has 3 rings (SSSR count). The Hall–Kier alpha value is -0.730. The summed E-state index contributed by atoms with van der Waals surface area (Å²) in [7, 11) is 0. The Morgan fingerprint density at radius 3 is 2.56 bits per heavy atom. The topological polar surface area (TPSA) is 15.8 Å². The van der Waals surface area contributed by atoms with Crippen LogP contribution < -0.4 is 4.90 Å². The molecule has 0 amide bonds. The maximum absolute atomic E-state index is 6.28. The minimum absolute atomic E-state index is 0.244. The molecule has 1 spiro atoms. The van der Waals surface area contributed by atoms with Crippen molar-refractivity contribution in [3.05, 3.63) is 28.8 Å². The quantitative estimate of drug-likeness (QED) is 0.698. The summed E-state index contributed by atoms with van der Waals surface area (Å²) in [5.41, 5.74) is 2.63. The molecule has 3 heteroatoms. The van der Waals surface area contributed by atoms with Gasteiger partial charge in [0.25, 0.3) is 0 Å². The van der Waals surface area contributed by atoms with Crippen LogP contribution in [0.5, 0.6) is 0 Å². The molecule has 2 aliphatic rings. The van der Waals surface area contributed by atoms with Crippen LogP contribution in [0.3, 0.4) is 0 Å². The molecule has 16 heavy (non-hydrogen) atoms. The van der Waals surface area contributed by atoms with Crippen LogP contribution in [0.2, 0.25) is 5.02 Å². The summed E-state index contributed by atoms with van der Waals surface area (Å²) in [6, 6.07) is 6.29. The Kier molecular flexibility index (Phi) is 2.37. The third kappa shape index (κ3) is 1.80. The van der Waals surface area contributed by atoms with Gasteiger partial charge in [-0.3, -0.25) is 0 Å². The maximum Gasteiger partial charge on any atom is 0.0950 e. The molecule has 0 atom stereocenters. The second-order valence-corrected chi connectivity index (χ2v) is 5.32. The lowest BCUT2D eigenvalue weighted by Crippen LogP contribution is -2.37. The lowest BCUT2D eigenvalue weighted by atomic mass is 9.97. The van der Waals surface area contributed by atoms with Crippen molar-refractivity contribution in [2.45, 2.75) is 25.4 Å². The van der Waals surface area contributed by atoms with E-state index in [9.17, 15) is 0 Å². The predicted molar refractivity (Wildman–Crippen MR) is 66.3 cm³/mol. The van der Waals surface area contributed by atoms with Crippen LogP contribution in [0.15, 0.2) is 18.2 Å². The van der Waals surface area contributed by atoms with Gasteiger partial charge in [0.05, 0.1) is 22.9 Å². The number of anilines is 1. The number of hydrogen-bond acceptors (Lipinski definition) is 2. The first-order valence-electron chi connectivity index (χ1n) is 5.84. The molecule has 1 aromatic carbocycles. The van der Waals surface area contributed by atoms with E-state index in [-0.39, 0.29) is 5.60 Å². The van der Waals surface area contributed by atoms with Crippen LogP contribution in [0.4, 0.5) is 5.69 Å². The zero-order valence-corrected chi connectivity index (χ0v) is 10.3. The SMILES string of the molecule is Cc1ccc(N2CCC3(CC2)CO3)c(Cl)c1. The highest BCUT2D eigenvalue weighted by Gasteiger charge is 2.46. The fourth-order valence-corrected chi connectivity index (χ4v) is 2.77. The summed E-state index contributed by atoms with van der Waals surface area (Å²) in [5.74, 6) is 0. The molecule has 0 aromatic heterocycles. The van der Waals surface area contributed by atoms with Gasteiger partial charge in [-0.1, -0.05) is 17.7 Å². The third-order valence-corrected chi connectivity index (χ3v) is 3.97. The second-order valence-electron chi connectivity index (χ2n) is 4.91. The van der Waals surface area contributed by atoms with Gasteiger partial charge < -0.3 is 9.64 Å². The van der Waals surface area contributed by atoms with Crippen LogP contribution in [0.1, 0.15) is 18.4 Å². The number of halogens is 1. The molecule has 2 heterocycles. The summed E-state index contributed by atoms with van der Waals surface area (Å²) >= 11 is 6.28. The normalized spacial score (nSPS) is 22.5. The average Bonchev–Trinajstić information content (AvgIpc) is 3.00. The molecule has 0 radical (unpaired) electrons. The molecule has 0 unspecified atom stereocenters. The number of hydrogen-bond donors (Lipinski definition) is 0. The summed E-state index contributed by atoms with van der Waals surface area (Å²) in [4.78, 5) is 2.37. The number of ether oxygens (including phenoxy) is 1. The van der Waals surface area contributed by atoms with Gasteiger partial charge in [0.15, 0.2) is 0 Å². The van der Waals surface area contributed by atoms with Gasteiger partial charge in [0.1, 0.15) is 0 Å². The van der Waals surface area contributed by atoms with Crippen LogP contribution in [0, 0.1) is 6.92 Å². The molecular weight excluding hydrogens is 222 g/mol. The van der Waals surface area contributed by atoms with Crippen LogP contribution in [0.25, 0.3) is 0 Å². The number of rotatable bonds is 1. The first kappa shape index (κ1) is 10.4. The maximum atomic E-state index is 6.28. The molecule has 0 saturated carbocycles. The van der Waals surface area contributed by atoms with E-state index in [0.29, 0.717) is 0 Å². The molecule has 2 nitrogen and oxygen atoms in total. The number of nitrogens with zero attached hydrogens (tertiary/aromatic N) is 1. The van der Waals surface area contributed by atoms with Gasteiger partial charge in [0.2, 0.25) is 0 Å². The van der Waals surface area contributed by atoms with Crippen molar-refractivity contribution in [2.24, 2.45) is 0 Å². The van der Waals surface area contributed by atoms with Gasteiger partial charge >= 0.3 is 0 Å². The Labute approximate surface area is 101 Å². The van der Waals surface area contributed by atoms with Crippen LogP contribution in [-0.2, 0) is 4.74 Å². The van der Waals surface area contributed by atoms with E-state index in [1.54, 1.807) is 0 Å². The van der Waals surface area contributed by atoms with Gasteiger partial charge in [-0.05, 0) is 37.5 Å². The fourth-order valence-electron chi connectivity index (χ4n) is 2.41. The minimum atomic E-state index is 0.244. The number of epoxide rings is 1. The van der Waals surface area contributed by atoms with Crippen molar-refractivity contribution in [3.63, 3.8) is 0 Å². The average molecular weight is 238 g/mol. The Morgan fingerprint density at radius 1 is 1.31 bits per heavy atom. The lowest BCUT2D eigenvalue weighted by Gasteiger charge is -2.32. The molecular formula is C13H16ClNO. The first-order chi connectivity index (χ1) is 7.69. The van der Waals surface area contributed by atoms with E-state index < -0.39 is 0 Å². The molecule has 0 N–H and O–H groups in total. The van der Waals surface area contributed by atoms with Gasteiger partial charge in [-0.2, -0.15) is 0 Å². The molecule has 2 aliphatic heterocycles. The van der Waals surface area contributed by atoms with E-state index in [4.69, 9.17) is 16.3 Å². The molecule has 2 saturated heterocycles. The Morgan fingerprint density at radius 2 is 2.00 bits per heavy atom. The van der Waals surface area contributed by atoms with Crippen molar-refractivity contribution in [1.82, 2.24) is 0 Å². The molecule has 86 valence electrons. The van der Waals surface area contributed by atoms with Crippen molar-refractivity contribution < 1.29 is 4.74 Å². The number of benzene rings is 1. The molecule has 2 fully saturated rings. The standard InChI is InChI=1S/C13H16ClNO/c1-10-2-3-12(11(14)8-10)15-6-4-13(5-7-15)9-16-13/h2-3,8H,4-7,9H2,1H3. The van der Waals surface area contributed by atoms with Crippen molar-refractivity contribution in [1.29, 1.82) is 0 Å². The smallest absolute Gasteiger partial charge is 0.0950 e. The third-order valence-electron chi connectivity index (χ3n) is 3.67. The van der Waals surface area contributed by atoms with E-state index in [0.717, 1.165) is 37.6 Å². The largest absolute Gasteiger partial charge is 0.370 e. The van der Waals surface area contributed by atoms with Crippen molar-refractivity contribution >= 4 is 17.3 Å². The van der Waals surface area contributed by atoms with E-state index in [1.807, 2.05) is 6.07 Å². The van der Waals surface area contributed by atoms with E-state index in [1.165, 1.54) is 11.3 Å². The highest BCUT2D eigenvalue weighted by atomic mass is 35.5. The fraction of sp³-hybridized carbons (Fsp3) is 0.538. The number of aryl methyl sites for hydroxylation is 1. The monoisotopic (exact) mass is 237 g/mol. The van der Waals surface area contributed by atoms with Gasteiger partial charge in [-0.25, -0.2) is 0 Å². The highest BCUT2D eigenvalue weighted by molar-refractivity contribution is 6.33. The second kappa shape index (κ2) is 3.64. The Bertz CT molecular complexity index is 404. The minimum Gasteiger partial charge on any atom is -0.370 e. The summed E-state index contributed by atoms with van der Waals surface area (Å²) in [6.45, 7) is 5.15. The van der Waals surface area contributed by atoms with E-state index >= 15 is 0 Å². The van der Waals surface area contributed by atoms with Gasteiger partial charge in [0, 0.05) is 13.1 Å². The predicted octanol–water partition coefficient (Wildman–Crippen LogP) is 3.02. The summed E-state index contributed by atoms with van der Waals surface area (Å²) in [5, 5.41) is 0.868. The first-order valence-corrected chi connectivity index (χ1v) is 6.21. The molecule has 0 bridgehead atoms. The zero-order chi connectivity index (χ0) is 11.2. The summed E-state index contributed by atoms with van der Waals surface area (Å²) < 4.78 is 5.51. The van der Waals surface area contributed by atoms with Crippen LogP contribution in [-0.4, -0.2) is 25.3 Å². The van der Waals surface area contributed by atoms with Crippen LogP contribution >= 0.6 is 11.6 Å². The molecule has 0 aliphatic carbocycles. The Balaban J connectivity index is 1.77. The zero-order valence-electron chi connectivity index (χ0n) is 9.50. The summed E-state index contributed by atoms with van der Waals surface area (Å²) in [6.07, 6.45) is 2.27. The van der Waals surface area contributed by atoms with Gasteiger partial charge in [-0.15, -0.1) is 0 Å². The van der Waals surface area contributed by atoms with Crippen molar-refractivity contribution in [3.8, 4) is 0 Å². The highest BCUT2D eigenvalue weighted by Crippen LogP contribution is 2.40. The molecule has 1 aromatic rings. The van der Waals surface area contributed by atoms with E-state index in [2.05, 4.69) is 24.0 Å².